The van der Waals surface area contributed by atoms with Gasteiger partial charge in [-0.2, -0.15) is 0 Å². The Kier molecular flexibility index (Phi) is 8.02. The molecule has 3 aromatic rings. The summed E-state index contributed by atoms with van der Waals surface area (Å²) in [6, 6.07) is 12.6. The fourth-order valence-corrected chi connectivity index (χ4v) is 4.40. The highest BCUT2D eigenvalue weighted by Gasteiger charge is 2.22. The van der Waals surface area contributed by atoms with Gasteiger partial charge in [0.1, 0.15) is 12.2 Å². The van der Waals surface area contributed by atoms with E-state index in [-0.39, 0.29) is 23.5 Å². The number of carbonyl (C=O) groups is 1. The molecular weight excluding hydrogens is 450 g/mol. The molecule has 1 aliphatic heterocycles. The van der Waals surface area contributed by atoms with Gasteiger partial charge >= 0.3 is 0 Å². The summed E-state index contributed by atoms with van der Waals surface area (Å²) >= 11 is 6.03. The molecule has 1 saturated heterocycles. The second-order valence-electron chi connectivity index (χ2n) is 8.51. The van der Waals surface area contributed by atoms with Crippen LogP contribution in [-0.2, 0) is 6.54 Å². The lowest BCUT2D eigenvalue weighted by molar-refractivity contribution is 0.0714. The maximum absolute atomic E-state index is 13.6. The molecule has 1 aromatic heterocycles. The minimum Gasteiger partial charge on any atom is -0.384 e. The first-order valence-electron chi connectivity index (χ1n) is 11.6. The third kappa shape index (κ3) is 5.87. The van der Waals surface area contributed by atoms with Crippen LogP contribution in [0.15, 0.2) is 53.5 Å². The lowest BCUT2D eigenvalue weighted by atomic mass is 10.1. The molecule has 1 fully saturated rings. The second-order valence-corrected chi connectivity index (χ2v) is 8.94. The lowest BCUT2D eigenvalue weighted by Gasteiger charge is -2.30. The largest absolute Gasteiger partial charge is 0.384 e. The van der Waals surface area contributed by atoms with Gasteiger partial charge in [-0.15, -0.1) is 0 Å². The van der Waals surface area contributed by atoms with Gasteiger partial charge in [-0.1, -0.05) is 42.0 Å². The zero-order chi connectivity index (χ0) is 23.9. The average Bonchev–Trinajstić information content (AvgIpc) is 2.87. The molecule has 2 N–H and O–H groups in total. The Morgan fingerprint density at radius 1 is 1.12 bits per heavy atom. The fourth-order valence-electron chi connectivity index (χ4n) is 4.27. The number of nitrogens with one attached hydrogen (secondary N) is 1. The summed E-state index contributed by atoms with van der Waals surface area (Å²) in [5, 5.41) is 9.99. The molecule has 1 amide bonds. The molecule has 2 heterocycles. The smallest absolute Gasteiger partial charge is 0.259 e. The van der Waals surface area contributed by atoms with Gasteiger partial charge in [0.05, 0.1) is 0 Å². The zero-order valence-corrected chi connectivity index (χ0v) is 19.8. The molecule has 0 atom stereocenters. The fraction of sp³-hybridized carbons (Fsp3) is 0.333. The van der Waals surface area contributed by atoms with E-state index < -0.39 is 0 Å². The number of benzene rings is 2. The molecule has 7 heteroatoms. The zero-order valence-electron chi connectivity index (χ0n) is 19.0. The first kappa shape index (κ1) is 24.0. The highest BCUT2D eigenvalue weighted by Crippen LogP contribution is 2.16. The number of hydrogen-bond acceptors (Lipinski definition) is 4. The summed E-state index contributed by atoms with van der Waals surface area (Å²) < 4.78 is 0. The number of piperidine rings is 1. The monoisotopic (exact) mass is 477 g/mol. The summed E-state index contributed by atoms with van der Waals surface area (Å²) in [6.07, 6.45) is 5.11. The first-order chi connectivity index (χ1) is 16.5. The molecule has 0 radical (unpaired) electrons. The number of hydrogen-bond donors (Lipinski definition) is 2. The number of carbonyl (C=O) groups excluding carboxylic acids is 1. The average molecular weight is 478 g/mol. The van der Waals surface area contributed by atoms with Crippen LogP contribution in [0.5, 0.6) is 0 Å². The Morgan fingerprint density at radius 2 is 1.88 bits per heavy atom. The summed E-state index contributed by atoms with van der Waals surface area (Å²) in [7, 11) is 0. The van der Waals surface area contributed by atoms with E-state index in [1.807, 2.05) is 24.3 Å². The number of aromatic amines is 1. The van der Waals surface area contributed by atoms with E-state index in [4.69, 9.17) is 16.7 Å². The van der Waals surface area contributed by atoms with Crippen LogP contribution in [0.3, 0.4) is 0 Å². The van der Waals surface area contributed by atoms with Crippen molar-refractivity contribution in [2.45, 2.75) is 25.8 Å². The lowest BCUT2D eigenvalue weighted by Crippen LogP contribution is -2.41. The first-order valence-corrected chi connectivity index (χ1v) is 11.9. The third-order valence-electron chi connectivity index (χ3n) is 6.13. The van der Waals surface area contributed by atoms with E-state index in [1.165, 1.54) is 25.5 Å². The maximum Gasteiger partial charge on any atom is 0.259 e. The minimum absolute atomic E-state index is 0.104. The number of rotatable bonds is 6. The Morgan fingerprint density at radius 3 is 2.62 bits per heavy atom. The quantitative estimate of drug-likeness (QED) is 0.531. The second kappa shape index (κ2) is 11.3. The van der Waals surface area contributed by atoms with Crippen molar-refractivity contribution in [1.29, 1.82) is 0 Å². The molecule has 0 bridgehead atoms. The molecular formula is C27H28ClN3O3. The summed E-state index contributed by atoms with van der Waals surface area (Å²) in [5.41, 5.74) is 1.97. The van der Waals surface area contributed by atoms with E-state index >= 15 is 0 Å². The van der Waals surface area contributed by atoms with Crippen LogP contribution in [0.4, 0.5) is 0 Å². The number of aliphatic hydroxyl groups is 1. The summed E-state index contributed by atoms with van der Waals surface area (Å²) in [5.74, 6) is 5.10. The van der Waals surface area contributed by atoms with E-state index in [2.05, 4.69) is 21.7 Å². The van der Waals surface area contributed by atoms with Crippen molar-refractivity contribution in [3.8, 4) is 11.8 Å². The van der Waals surface area contributed by atoms with Crippen LogP contribution in [0.25, 0.3) is 10.9 Å². The van der Waals surface area contributed by atoms with Crippen molar-refractivity contribution in [2.24, 2.45) is 0 Å². The molecule has 6 nitrogen and oxygen atoms in total. The Labute approximate surface area is 204 Å². The number of H-pyrrole nitrogens is 1. The summed E-state index contributed by atoms with van der Waals surface area (Å²) in [4.78, 5) is 34.1. The van der Waals surface area contributed by atoms with Gasteiger partial charge in [-0.25, -0.2) is 0 Å². The van der Waals surface area contributed by atoms with Crippen molar-refractivity contribution in [2.75, 3.05) is 32.8 Å². The summed E-state index contributed by atoms with van der Waals surface area (Å²) in [6.45, 7) is 3.51. The van der Waals surface area contributed by atoms with Gasteiger partial charge in [0.15, 0.2) is 0 Å². The maximum atomic E-state index is 13.6. The number of fused-ring (bicyclic) bond motifs is 1. The van der Waals surface area contributed by atoms with Crippen molar-refractivity contribution >= 4 is 28.4 Å². The van der Waals surface area contributed by atoms with Gasteiger partial charge in [-0.3, -0.25) is 9.59 Å². The van der Waals surface area contributed by atoms with Gasteiger partial charge in [0.25, 0.3) is 5.91 Å². The highest BCUT2D eigenvalue weighted by atomic mass is 35.5. The molecule has 4 rings (SSSR count). The standard InChI is InChI=1S/C27H28ClN3O3/c28-22-9-6-21(7-10-22)19-31(15-14-30-12-2-1-3-13-30)27(34)24-18-29-25-11-8-20(5-4-16-32)17-23(25)26(24)33/h6-11,17-18,32H,1-3,12-16,19H2,(H,29,33). The Bertz CT molecular complexity index is 1270. The van der Waals surface area contributed by atoms with Crippen molar-refractivity contribution in [3.05, 3.63) is 80.6 Å². The number of nitrogens with zero attached hydrogens (tertiary/aromatic N) is 2. The van der Waals surface area contributed by atoms with Crippen LogP contribution in [-0.4, -0.2) is 58.6 Å². The topological polar surface area (TPSA) is 76.6 Å². The molecule has 0 spiro atoms. The minimum atomic E-state index is -0.328. The van der Waals surface area contributed by atoms with E-state index in [1.54, 1.807) is 23.1 Å². The highest BCUT2D eigenvalue weighted by molar-refractivity contribution is 6.30. The van der Waals surface area contributed by atoms with Gasteiger partial charge in [0, 0.05) is 47.3 Å². The number of aromatic nitrogens is 1. The van der Waals surface area contributed by atoms with Crippen LogP contribution < -0.4 is 5.43 Å². The third-order valence-corrected chi connectivity index (χ3v) is 6.38. The molecule has 0 saturated carbocycles. The molecule has 0 unspecified atom stereocenters. The van der Waals surface area contributed by atoms with Crippen molar-refractivity contribution < 1.29 is 9.90 Å². The molecule has 0 aliphatic carbocycles. The van der Waals surface area contributed by atoms with Gasteiger partial charge in [0.2, 0.25) is 5.43 Å². The molecule has 1 aliphatic rings. The van der Waals surface area contributed by atoms with E-state index in [9.17, 15) is 9.59 Å². The molecule has 176 valence electrons. The van der Waals surface area contributed by atoms with Gasteiger partial charge in [-0.05, 0) is 61.8 Å². The van der Waals surface area contributed by atoms with Crippen molar-refractivity contribution in [1.82, 2.24) is 14.8 Å². The number of aliphatic hydroxyl groups excluding tert-OH is 1. The SMILES string of the molecule is O=C(c1c[nH]c2ccc(C#CCO)cc2c1=O)N(CCN1CCCCC1)Cc1ccc(Cl)cc1. The number of halogens is 1. The number of pyridine rings is 1. The predicted octanol–water partition coefficient (Wildman–Crippen LogP) is 3.65. The van der Waals surface area contributed by atoms with Gasteiger partial charge < -0.3 is 19.9 Å². The molecule has 34 heavy (non-hydrogen) atoms. The van der Waals surface area contributed by atoms with Crippen molar-refractivity contribution in [3.63, 3.8) is 0 Å². The van der Waals surface area contributed by atoms with Crippen LogP contribution in [0.1, 0.15) is 40.7 Å². The van der Waals surface area contributed by atoms with Crippen LogP contribution in [0.2, 0.25) is 5.02 Å². The Hall–Kier alpha value is -3.11. The molecule has 2 aromatic carbocycles. The Balaban J connectivity index is 1.63. The van der Waals surface area contributed by atoms with Crippen LogP contribution >= 0.6 is 11.6 Å². The number of likely N-dealkylation sites (tertiary alicyclic amines) is 1. The predicted molar refractivity (Wildman–Crippen MR) is 135 cm³/mol. The van der Waals surface area contributed by atoms with E-state index in [0.717, 1.165) is 25.2 Å². The van der Waals surface area contributed by atoms with Crippen LogP contribution in [0, 0.1) is 11.8 Å². The normalized spacial score (nSPS) is 13.9. The van der Waals surface area contributed by atoms with E-state index in [0.29, 0.717) is 34.6 Å². The number of amides is 1.